The van der Waals surface area contributed by atoms with Gasteiger partial charge in [-0.1, -0.05) is 20.8 Å². The number of ether oxygens (including phenoxy) is 4. The first kappa shape index (κ1) is 32.6. The van der Waals surface area contributed by atoms with Gasteiger partial charge in [0.15, 0.2) is 17.5 Å². The molecule has 266 valence electrons. The van der Waals surface area contributed by atoms with Crippen LogP contribution in [0.2, 0.25) is 0 Å². The van der Waals surface area contributed by atoms with Gasteiger partial charge in [-0.05, 0) is 109 Å². The fraction of sp³-hybridized carbons (Fsp3) is 0.750. The van der Waals surface area contributed by atoms with Gasteiger partial charge in [0.2, 0.25) is 0 Å². The number of aromatic nitrogens is 1. The van der Waals surface area contributed by atoms with Crippen LogP contribution >= 0.6 is 0 Å². The van der Waals surface area contributed by atoms with E-state index in [0.29, 0.717) is 25.2 Å². The van der Waals surface area contributed by atoms with Crippen LogP contribution in [-0.2, 0) is 42.0 Å². The summed E-state index contributed by atoms with van der Waals surface area (Å²) in [5.74, 6) is 0.0204. The Kier molecular flexibility index (Phi) is 6.24. The third-order valence-electron chi connectivity index (χ3n) is 15.3. The van der Waals surface area contributed by atoms with Crippen LogP contribution in [0.5, 0.6) is 0 Å². The van der Waals surface area contributed by atoms with Crippen molar-refractivity contribution in [2.24, 2.45) is 23.2 Å². The van der Waals surface area contributed by atoms with E-state index in [0.717, 1.165) is 35.9 Å². The molecular formula is C40H53NO8. The topological polar surface area (TPSA) is 131 Å². The van der Waals surface area contributed by atoms with Crippen LogP contribution in [0.25, 0.3) is 10.9 Å². The number of ketones is 1. The summed E-state index contributed by atoms with van der Waals surface area (Å²) in [6.45, 7) is 18.1. The molecular weight excluding hydrogens is 622 g/mol. The average molecular weight is 676 g/mol. The quantitative estimate of drug-likeness (QED) is 0.288. The number of aromatic amines is 1. The summed E-state index contributed by atoms with van der Waals surface area (Å²) in [4.78, 5) is 30.8. The van der Waals surface area contributed by atoms with E-state index in [1.165, 1.54) is 16.6 Å². The highest BCUT2D eigenvalue weighted by molar-refractivity contribution is 6.06. The predicted octanol–water partition coefficient (Wildman–Crippen LogP) is 5.48. The lowest BCUT2D eigenvalue weighted by molar-refractivity contribution is -0.282. The molecule has 9 nitrogen and oxygen atoms in total. The van der Waals surface area contributed by atoms with E-state index in [2.05, 4.69) is 52.6 Å². The zero-order valence-electron chi connectivity index (χ0n) is 30.5. The fourth-order valence-corrected chi connectivity index (χ4v) is 12.9. The Hall–Kier alpha value is -2.30. The largest absolute Gasteiger partial charge is 0.457 e. The molecule has 2 aromatic rings. The zero-order valence-corrected chi connectivity index (χ0v) is 30.5. The van der Waals surface area contributed by atoms with Gasteiger partial charge < -0.3 is 34.1 Å². The van der Waals surface area contributed by atoms with Crippen LogP contribution in [-0.4, -0.2) is 79.4 Å². The molecule has 4 heterocycles. The van der Waals surface area contributed by atoms with Gasteiger partial charge in [-0.25, -0.2) is 0 Å². The summed E-state index contributed by atoms with van der Waals surface area (Å²) < 4.78 is 25.8. The Morgan fingerprint density at radius 3 is 2.47 bits per heavy atom. The number of H-pyrrole nitrogens is 1. The molecule has 1 spiro atoms. The maximum atomic E-state index is 14.2. The summed E-state index contributed by atoms with van der Waals surface area (Å²) in [5, 5.41) is 25.7. The molecule has 1 aromatic carbocycles. The standard InChI is InChI=1S/C40H53NO8/c1-10-26(42)47-30-32(34(2,3)44)46-25-14-15-37(8)38(9)19(13-16-39(37,45)40(25)33(30)48-40)17-22-27-21-18-23-28(36(6,7)49-35(23,4)5)29(43)20(21)11-12-24(27)41-31(22)38/h11-12,19,23,25,28,30,32-33,41,44-45H,10,13-18H2,1-9H3/t19-,23-,25-,28-,30+,32-,33?,37+,38+,39-,40-/m0/s1. The van der Waals surface area contributed by atoms with Gasteiger partial charge >= 0.3 is 5.97 Å². The Morgan fingerprint density at radius 1 is 1.04 bits per heavy atom. The van der Waals surface area contributed by atoms with Gasteiger partial charge in [-0.3, -0.25) is 9.59 Å². The average Bonchev–Trinajstić information content (AvgIpc) is 3.51. The third kappa shape index (κ3) is 3.65. The molecule has 2 saturated carbocycles. The van der Waals surface area contributed by atoms with E-state index in [1.54, 1.807) is 20.8 Å². The van der Waals surface area contributed by atoms with Crippen LogP contribution in [0.3, 0.4) is 0 Å². The van der Waals surface area contributed by atoms with E-state index in [-0.39, 0.29) is 30.0 Å². The van der Waals surface area contributed by atoms with Gasteiger partial charge in [-0.15, -0.1) is 0 Å². The first-order chi connectivity index (χ1) is 22.8. The van der Waals surface area contributed by atoms with Crippen molar-refractivity contribution in [2.45, 2.75) is 165 Å². The van der Waals surface area contributed by atoms with Crippen LogP contribution in [0.4, 0.5) is 0 Å². The van der Waals surface area contributed by atoms with Gasteiger partial charge in [0, 0.05) is 45.3 Å². The van der Waals surface area contributed by atoms with Crippen LogP contribution < -0.4 is 0 Å². The maximum Gasteiger partial charge on any atom is 0.305 e. The number of esters is 1. The van der Waals surface area contributed by atoms with Crippen molar-refractivity contribution in [3.05, 3.63) is 34.5 Å². The number of nitrogens with one attached hydrogen (secondary N) is 1. The van der Waals surface area contributed by atoms with Crippen LogP contribution in [0.15, 0.2) is 12.1 Å². The molecule has 3 N–H and O–H groups in total. The lowest BCUT2D eigenvalue weighted by Gasteiger charge is -2.66. The van der Waals surface area contributed by atoms with Crippen molar-refractivity contribution < 1.29 is 38.7 Å². The van der Waals surface area contributed by atoms with E-state index >= 15 is 0 Å². The van der Waals surface area contributed by atoms with Crippen molar-refractivity contribution in [3.8, 4) is 0 Å². The van der Waals surface area contributed by atoms with Crippen molar-refractivity contribution in [1.29, 1.82) is 0 Å². The Morgan fingerprint density at radius 2 is 1.78 bits per heavy atom. The third-order valence-corrected chi connectivity index (χ3v) is 15.3. The molecule has 3 aliphatic heterocycles. The molecule has 11 atom stereocenters. The molecule has 3 saturated heterocycles. The number of Topliss-reactive ketones (excluding diaryl/α,β-unsaturated/α-hetero) is 1. The first-order valence-electron chi connectivity index (χ1n) is 18.7. The summed E-state index contributed by atoms with van der Waals surface area (Å²) in [5.41, 5.74) is -0.0479. The molecule has 9 rings (SSSR count). The number of benzene rings is 1. The molecule has 7 aliphatic rings. The number of fused-ring (bicyclic) bond motifs is 10. The Balaban J connectivity index is 1.15. The minimum atomic E-state index is -1.27. The smallest absolute Gasteiger partial charge is 0.305 e. The number of carbonyl (C=O) groups is 2. The van der Waals surface area contributed by atoms with Gasteiger partial charge in [0.1, 0.15) is 17.8 Å². The van der Waals surface area contributed by atoms with E-state index in [9.17, 15) is 19.8 Å². The molecule has 1 unspecified atom stereocenters. The molecule has 4 aliphatic carbocycles. The van der Waals surface area contributed by atoms with Crippen LogP contribution in [0.1, 0.15) is 122 Å². The summed E-state index contributed by atoms with van der Waals surface area (Å²) in [6, 6.07) is 4.10. The van der Waals surface area contributed by atoms with Crippen molar-refractivity contribution in [1.82, 2.24) is 4.98 Å². The maximum absolute atomic E-state index is 14.2. The molecule has 9 heteroatoms. The normalized spacial score (nSPS) is 45.4. The second-order valence-corrected chi connectivity index (χ2v) is 18.7. The SMILES string of the molecule is CCC(=O)O[C@H]1C2O[C@@]23[C@H](CC[C@@]2(C)[C@@]3(O)CC[C@H]3Cc4c([nH]c5ccc6c(c45)C[C@H]4[C@@H](C6=O)C(C)(C)OC4(C)C)[C@@]32C)O[C@@H]1C(C)(C)O. The van der Waals surface area contributed by atoms with E-state index in [1.807, 2.05) is 6.07 Å². The van der Waals surface area contributed by atoms with Crippen molar-refractivity contribution in [3.63, 3.8) is 0 Å². The van der Waals surface area contributed by atoms with Crippen molar-refractivity contribution >= 4 is 22.7 Å². The highest BCUT2D eigenvalue weighted by Gasteiger charge is 2.87. The highest BCUT2D eigenvalue weighted by Crippen LogP contribution is 2.75. The summed E-state index contributed by atoms with van der Waals surface area (Å²) in [6.07, 6.45) is 2.01. The lowest BCUT2D eigenvalue weighted by atomic mass is 9.40. The summed E-state index contributed by atoms with van der Waals surface area (Å²) in [7, 11) is 0. The second-order valence-electron chi connectivity index (χ2n) is 18.7. The molecule has 0 bridgehead atoms. The van der Waals surface area contributed by atoms with Crippen molar-refractivity contribution in [2.75, 3.05) is 0 Å². The van der Waals surface area contributed by atoms with Gasteiger partial charge in [-0.2, -0.15) is 0 Å². The number of epoxide rings is 1. The van der Waals surface area contributed by atoms with Crippen LogP contribution in [0, 0.1) is 23.2 Å². The Labute approximate surface area is 288 Å². The minimum Gasteiger partial charge on any atom is -0.457 e. The molecule has 0 radical (unpaired) electrons. The predicted molar refractivity (Wildman–Crippen MR) is 181 cm³/mol. The number of hydrogen-bond donors (Lipinski definition) is 3. The number of carbonyl (C=O) groups excluding carboxylic acids is 2. The van der Waals surface area contributed by atoms with Gasteiger partial charge in [0.25, 0.3) is 0 Å². The summed E-state index contributed by atoms with van der Waals surface area (Å²) >= 11 is 0. The van der Waals surface area contributed by atoms with Gasteiger partial charge in [0.05, 0.1) is 28.8 Å². The number of rotatable bonds is 3. The molecule has 1 aromatic heterocycles. The second kappa shape index (κ2) is 9.37. The molecule has 0 amide bonds. The zero-order chi connectivity index (χ0) is 35.1. The molecule has 5 fully saturated rings. The van der Waals surface area contributed by atoms with E-state index < -0.39 is 63.3 Å². The Bertz CT molecular complexity index is 1820. The molecule has 49 heavy (non-hydrogen) atoms. The monoisotopic (exact) mass is 675 g/mol. The minimum absolute atomic E-state index is 0.0904. The number of aliphatic hydroxyl groups is 2. The highest BCUT2D eigenvalue weighted by atomic mass is 16.7. The number of hydrogen-bond acceptors (Lipinski definition) is 8. The lowest BCUT2D eigenvalue weighted by Crippen LogP contribution is -2.77. The fourth-order valence-electron chi connectivity index (χ4n) is 12.9. The van der Waals surface area contributed by atoms with E-state index in [4.69, 9.17) is 18.9 Å². The first-order valence-corrected chi connectivity index (χ1v) is 18.7.